The summed E-state index contributed by atoms with van der Waals surface area (Å²) in [5.74, 6) is 0. The Balaban J connectivity index is 2.03. The largest absolute Gasteiger partial charge is 0.394 e. The maximum atomic E-state index is 8.90. The molecule has 0 amide bonds. The van der Waals surface area contributed by atoms with Gasteiger partial charge in [-0.15, -0.1) is 0 Å². The Morgan fingerprint density at radius 3 is 3.00 bits per heavy atom. The Labute approximate surface area is 77.9 Å². The summed E-state index contributed by atoms with van der Waals surface area (Å²) in [5, 5.41) is 8.90. The molecule has 0 bridgehead atoms. The van der Waals surface area contributed by atoms with Crippen LogP contribution < -0.4 is 0 Å². The maximum absolute atomic E-state index is 8.90. The molecule has 1 saturated heterocycles. The van der Waals surface area contributed by atoms with Gasteiger partial charge in [0.25, 0.3) is 0 Å². The molecule has 2 heterocycles. The first kappa shape index (κ1) is 8.78. The zero-order chi connectivity index (χ0) is 9.26. The van der Waals surface area contributed by atoms with Gasteiger partial charge in [0, 0.05) is 12.4 Å². The number of ether oxygens (including phenoxy) is 1. The standard InChI is InChI=1S/C10H15NO2/c1-8-4-5-11(6-8)10-3-2-9(7-12)13-10/h4-6,9-10,12H,2-3,7H2,1H3/t9-,10+/m0/s1. The van der Waals surface area contributed by atoms with Crippen molar-refractivity contribution in [3.63, 3.8) is 0 Å². The van der Waals surface area contributed by atoms with Gasteiger partial charge in [0.1, 0.15) is 6.23 Å². The molecule has 2 rings (SSSR count). The Morgan fingerprint density at radius 1 is 1.62 bits per heavy atom. The summed E-state index contributed by atoms with van der Waals surface area (Å²) < 4.78 is 7.70. The van der Waals surface area contributed by atoms with Crippen LogP contribution in [0.5, 0.6) is 0 Å². The second kappa shape index (κ2) is 3.52. The van der Waals surface area contributed by atoms with Crippen molar-refractivity contribution in [2.45, 2.75) is 32.1 Å². The van der Waals surface area contributed by atoms with Crippen LogP contribution in [0.4, 0.5) is 0 Å². The predicted molar refractivity (Wildman–Crippen MR) is 49.4 cm³/mol. The van der Waals surface area contributed by atoms with Crippen LogP contribution in [0.15, 0.2) is 18.5 Å². The Kier molecular flexibility index (Phi) is 2.38. The van der Waals surface area contributed by atoms with Gasteiger partial charge in [0.2, 0.25) is 0 Å². The molecule has 13 heavy (non-hydrogen) atoms. The van der Waals surface area contributed by atoms with Gasteiger partial charge < -0.3 is 14.4 Å². The second-order valence-electron chi connectivity index (χ2n) is 3.61. The molecule has 1 aliphatic rings. The Bertz CT molecular complexity index is 282. The first-order chi connectivity index (χ1) is 6.29. The molecule has 0 aromatic carbocycles. The molecule has 3 nitrogen and oxygen atoms in total. The Morgan fingerprint density at radius 2 is 2.46 bits per heavy atom. The van der Waals surface area contributed by atoms with Crippen molar-refractivity contribution >= 4 is 0 Å². The van der Waals surface area contributed by atoms with Gasteiger partial charge in [-0.3, -0.25) is 0 Å². The zero-order valence-corrected chi connectivity index (χ0v) is 7.81. The van der Waals surface area contributed by atoms with Gasteiger partial charge in [-0.1, -0.05) is 0 Å². The van der Waals surface area contributed by atoms with Crippen molar-refractivity contribution in [1.29, 1.82) is 0 Å². The number of rotatable bonds is 2. The van der Waals surface area contributed by atoms with E-state index in [4.69, 9.17) is 9.84 Å². The third-order valence-electron chi connectivity index (χ3n) is 2.48. The lowest BCUT2D eigenvalue weighted by molar-refractivity contribution is -0.0222. The average molecular weight is 181 g/mol. The summed E-state index contributed by atoms with van der Waals surface area (Å²) in [7, 11) is 0. The van der Waals surface area contributed by atoms with E-state index in [1.807, 2.05) is 6.20 Å². The highest BCUT2D eigenvalue weighted by Gasteiger charge is 2.25. The van der Waals surface area contributed by atoms with Gasteiger partial charge in [-0.25, -0.2) is 0 Å². The first-order valence-corrected chi connectivity index (χ1v) is 4.70. The highest BCUT2D eigenvalue weighted by Crippen LogP contribution is 2.28. The van der Waals surface area contributed by atoms with Crippen molar-refractivity contribution in [2.24, 2.45) is 0 Å². The fourth-order valence-corrected chi connectivity index (χ4v) is 1.74. The minimum Gasteiger partial charge on any atom is -0.394 e. The summed E-state index contributed by atoms with van der Waals surface area (Å²) >= 11 is 0. The van der Waals surface area contributed by atoms with Crippen LogP contribution in [0, 0.1) is 6.92 Å². The molecule has 0 saturated carbocycles. The third kappa shape index (κ3) is 1.76. The van der Waals surface area contributed by atoms with E-state index in [1.165, 1.54) is 5.56 Å². The lowest BCUT2D eigenvalue weighted by Crippen LogP contribution is -2.13. The fourth-order valence-electron chi connectivity index (χ4n) is 1.74. The number of hydrogen-bond acceptors (Lipinski definition) is 2. The number of nitrogens with zero attached hydrogens (tertiary/aromatic N) is 1. The van der Waals surface area contributed by atoms with E-state index in [0.717, 1.165) is 12.8 Å². The van der Waals surface area contributed by atoms with Gasteiger partial charge in [0.05, 0.1) is 12.7 Å². The Hall–Kier alpha value is -0.800. The number of aryl methyl sites for hydroxylation is 1. The lowest BCUT2D eigenvalue weighted by atomic mass is 10.2. The van der Waals surface area contributed by atoms with Crippen molar-refractivity contribution in [3.05, 3.63) is 24.0 Å². The van der Waals surface area contributed by atoms with Crippen molar-refractivity contribution in [3.8, 4) is 0 Å². The van der Waals surface area contributed by atoms with E-state index < -0.39 is 0 Å². The van der Waals surface area contributed by atoms with Crippen molar-refractivity contribution in [1.82, 2.24) is 4.57 Å². The van der Waals surface area contributed by atoms with Crippen LogP contribution in [0.25, 0.3) is 0 Å². The van der Waals surface area contributed by atoms with Gasteiger partial charge >= 0.3 is 0 Å². The number of aliphatic hydroxyl groups excluding tert-OH is 1. The molecule has 3 heteroatoms. The normalized spacial score (nSPS) is 28.2. The van der Waals surface area contributed by atoms with Crippen LogP contribution in [0.2, 0.25) is 0 Å². The van der Waals surface area contributed by atoms with E-state index in [0.29, 0.717) is 0 Å². The van der Waals surface area contributed by atoms with Crippen LogP contribution in [-0.4, -0.2) is 22.4 Å². The highest BCUT2D eigenvalue weighted by atomic mass is 16.5. The van der Waals surface area contributed by atoms with Crippen molar-refractivity contribution < 1.29 is 9.84 Å². The molecule has 0 spiro atoms. The van der Waals surface area contributed by atoms with E-state index in [-0.39, 0.29) is 18.9 Å². The molecule has 1 aromatic heterocycles. The second-order valence-corrected chi connectivity index (χ2v) is 3.61. The van der Waals surface area contributed by atoms with Crippen LogP contribution in [0.3, 0.4) is 0 Å². The van der Waals surface area contributed by atoms with Gasteiger partial charge in [0.15, 0.2) is 0 Å². The molecule has 0 aliphatic carbocycles. The van der Waals surface area contributed by atoms with Crippen LogP contribution in [0.1, 0.15) is 24.6 Å². The summed E-state index contributed by atoms with van der Waals surface area (Å²) in [6.45, 7) is 2.20. The van der Waals surface area contributed by atoms with E-state index in [1.54, 1.807) is 0 Å². The zero-order valence-electron chi connectivity index (χ0n) is 7.81. The predicted octanol–water partition coefficient (Wildman–Crippen LogP) is 1.47. The first-order valence-electron chi connectivity index (χ1n) is 4.70. The van der Waals surface area contributed by atoms with Gasteiger partial charge in [-0.05, 0) is 31.4 Å². The topological polar surface area (TPSA) is 34.4 Å². The van der Waals surface area contributed by atoms with Gasteiger partial charge in [-0.2, -0.15) is 0 Å². The summed E-state index contributed by atoms with van der Waals surface area (Å²) in [4.78, 5) is 0. The summed E-state index contributed by atoms with van der Waals surface area (Å²) in [6.07, 6.45) is 6.22. The molecule has 1 aromatic rings. The lowest BCUT2D eigenvalue weighted by Gasteiger charge is -2.13. The van der Waals surface area contributed by atoms with Crippen molar-refractivity contribution in [2.75, 3.05) is 6.61 Å². The van der Waals surface area contributed by atoms with E-state index in [2.05, 4.69) is 23.8 Å². The number of aliphatic hydroxyl groups is 1. The number of hydrogen-bond donors (Lipinski definition) is 1. The molecule has 1 fully saturated rings. The van der Waals surface area contributed by atoms with E-state index >= 15 is 0 Å². The third-order valence-corrected chi connectivity index (χ3v) is 2.48. The molecular formula is C10H15NO2. The van der Waals surface area contributed by atoms with Crippen LogP contribution >= 0.6 is 0 Å². The molecular weight excluding hydrogens is 166 g/mol. The van der Waals surface area contributed by atoms with E-state index in [9.17, 15) is 0 Å². The molecule has 0 unspecified atom stereocenters. The SMILES string of the molecule is Cc1ccn([C@H]2CC[C@@H](CO)O2)c1. The fraction of sp³-hybridized carbons (Fsp3) is 0.600. The summed E-state index contributed by atoms with van der Waals surface area (Å²) in [5.41, 5.74) is 1.25. The smallest absolute Gasteiger partial charge is 0.134 e. The molecule has 1 N–H and O–H groups in total. The minimum absolute atomic E-state index is 0.0349. The maximum Gasteiger partial charge on any atom is 0.134 e. The quantitative estimate of drug-likeness (QED) is 0.749. The summed E-state index contributed by atoms with van der Waals surface area (Å²) in [6, 6.07) is 2.07. The highest BCUT2D eigenvalue weighted by molar-refractivity contribution is 5.07. The molecule has 72 valence electrons. The monoisotopic (exact) mass is 181 g/mol. The average Bonchev–Trinajstić information content (AvgIpc) is 2.71. The molecule has 1 aliphatic heterocycles. The van der Waals surface area contributed by atoms with Crippen LogP contribution in [-0.2, 0) is 4.74 Å². The minimum atomic E-state index is 0.0349. The molecule has 2 atom stereocenters. The number of aromatic nitrogens is 1. The molecule has 0 radical (unpaired) electrons.